The van der Waals surface area contributed by atoms with Gasteiger partial charge in [-0.05, 0) is 31.2 Å². The average Bonchev–Trinajstić information content (AvgIpc) is 2.52. The highest BCUT2D eigenvalue weighted by atomic mass is 19.1. The topological polar surface area (TPSA) is 49.4 Å². The summed E-state index contributed by atoms with van der Waals surface area (Å²) in [5, 5.41) is 2.21. The zero-order valence-electron chi connectivity index (χ0n) is 13.5. The van der Waals surface area contributed by atoms with Gasteiger partial charge in [-0.1, -0.05) is 23.8 Å². The first-order chi connectivity index (χ1) is 11.4. The summed E-state index contributed by atoms with van der Waals surface area (Å²) < 4.78 is 27.0. The Morgan fingerprint density at radius 1 is 1.04 bits per heavy atom. The van der Waals surface area contributed by atoms with Crippen LogP contribution in [0.1, 0.15) is 18.9 Å². The summed E-state index contributed by atoms with van der Waals surface area (Å²) in [6.07, 6.45) is -0.0821. The maximum atomic E-state index is 13.5. The Bertz CT molecular complexity index is 725. The smallest absolute Gasteiger partial charge is 0.226 e. The van der Waals surface area contributed by atoms with E-state index in [1.807, 2.05) is 19.1 Å². The minimum atomic E-state index is -0.842. The molecule has 0 atom stereocenters. The maximum absolute atomic E-state index is 13.5. The first-order valence-electron chi connectivity index (χ1n) is 7.47. The van der Waals surface area contributed by atoms with Crippen LogP contribution in [0.4, 0.5) is 20.2 Å². The van der Waals surface area contributed by atoms with Gasteiger partial charge in [-0.25, -0.2) is 8.78 Å². The van der Waals surface area contributed by atoms with E-state index in [-0.39, 0.29) is 18.9 Å². The van der Waals surface area contributed by atoms with Crippen LogP contribution in [0.15, 0.2) is 42.5 Å². The van der Waals surface area contributed by atoms with Crippen LogP contribution < -0.4 is 10.2 Å². The van der Waals surface area contributed by atoms with Crippen LogP contribution in [0.2, 0.25) is 0 Å². The van der Waals surface area contributed by atoms with Crippen molar-refractivity contribution in [2.75, 3.05) is 16.8 Å². The van der Waals surface area contributed by atoms with Crippen molar-refractivity contribution in [2.45, 2.75) is 20.3 Å². The molecule has 0 bridgehead atoms. The molecule has 2 aromatic carbocycles. The van der Waals surface area contributed by atoms with Gasteiger partial charge in [0.25, 0.3) is 0 Å². The fraction of sp³-hybridized carbons (Fsp3) is 0.222. The van der Waals surface area contributed by atoms with Gasteiger partial charge in [-0.2, -0.15) is 0 Å². The summed E-state index contributed by atoms with van der Waals surface area (Å²) in [7, 11) is 0. The molecule has 2 amide bonds. The van der Waals surface area contributed by atoms with Crippen LogP contribution in [0.3, 0.4) is 0 Å². The van der Waals surface area contributed by atoms with Crippen LogP contribution in [-0.2, 0) is 9.59 Å². The summed E-state index contributed by atoms with van der Waals surface area (Å²) in [4.78, 5) is 25.2. The summed E-state index contributed by atoms with van der Waals surface area (Å²) in [5.41, 5.74) is 1.24. The van der Waals surface area contributed by atoms with E-state index in [1.165, 1.54) is 17.9 Å². The number of amides is 2. The highest BCUT2D eigenvalue weighted by Crippen LogP contribution is 2.19. The van der Waals surface area contributed by atoms with Crippen molar-refractivity contribution in [3.8, 4) is 0 Å². The molecule has 2 rings (SSSR count). The van der Waals surface area contributed by atoms with Gasteiger partial charge in [-0.3, -0.25) is 9.59 Å². The van der Waals surface area contributed by atoms with Gasteiger partial charge >= 0.3 is 0 Å². The zero-order valence-corrected chi connectivity index (χ0v) is 13.5. The number of nitrogens with one attached hydrogen (secondary N) is 1. The number of hydrogen-bond donors (Lipinski definition) is 1. The molecule has 0 unspecified atom stereocenters. The van der Waals surface area contributed by atoms with Crippen LogP contribution in [0, 0.1) is 18.6 Å². The van der Waals surface area contributed by atoms with Crippen molar-refractivity contribution in [3.05, 3.63) is 59.7 Å². The quantitative estimate of drug-likeness (QED) is 0.908. The lowest BCUT2D eigenvalue weighted by molar-refractivity contribution is -0.117. The van der Waals surface area contributed by atoms with E-state index < -0.39 is 23.2 Å². The third kappa shape index (κ3) is 4.38. The lowest BCUT2D eigenvalue weighted by Gasteiger charge is -2.21. The first-order valence-corrected chi connectivity index (χ1v) is 7.47. The number of carbonyl (C=O) groups excluding carboxylic acids is 2. The predicted octanol–water partition coefficient (Wildman–Crippen LogP) is 3.65. The number of hydrogen-bond acceptors (Lipinski definition) is 2. The summed E-state index contributed by atoms with van der Waals surface area (Å²) in [6, 6.07) is 10.6. The van der Waals surface area contributed by atoms with Crippen LogP contribution in [0.25, 0.3) is 0 Å². The van der Waals surface area contributed by atoms with Gasteiger partial charge in [0, 0.05) is 25.6 Å². The molecule has 0 fully saturated rings. The standard InChI is InChI=1S/C18H18F2N2O2/c1-12-6-8-14(9-7-12)22(13(2)23)11-10-17(24)21-18-15(19)4-3-5-16(18)20/h3-9H,10-11H2,1-2H3,(H,21,24). The van der Waals surface area contributed by atoms with Gasteiger partial charge in [-0.15, -0.1) is 0 Å². The second-order valence-electron chi connectivity index (χ2n) is 5.40. The van der Waals surface area contributed by atoms with Gasteiger partial charge in [0.1, 0.15) is 17.3 Å². The Labute approximate surface area is 139 Å². The van der Waals surface area contributed by atoms with Crippen molar-refractivity contribution >= 4 is 23.2 Å². The Kier molecular flexibility index (Phi) is 5.63. The molecule has 6 heteroatoms. The van der Waals surface area contributed by atoms with Gasteiger partial charge in [0.15, 0.2) is 0 Å². The van der Waals surface area contributed by atoms with Crippen molar-refractivity contribution in [1.29, 1.82) is 0 Å². The second-order valence-corrected chi connectivity index (χ2v) is 5.40. The molecule has 0 aliphatic heterocycles. The number of benzene rings is 2. The van der Waals surface area contributed by atoms with Crippen LogP contribution in [-0.4, -0.2) is 18.4 Å². The van der Waals surface area contributed by atoms with E-state index in [9.17, 15) is 18.4 Å². The van der Waals surface area contributed by atoms with Crippen molar-refractivity contribution < 1.29 is 18.4 Å². The highest BCUT2D eigenvalue weighted by Gasteiger charge is 2.16. The number of halogens is 2. The largest absolute Gasteiger partial charge is 0.321 e. The van der Waals surface area contributed by atoms with Crippen molar-refractivity contribution in [3.63, 3.8) is 0 Å². The van der Waals surface area contributed by atoms with E-state index in [0.717, 1.165) is 17.7 Å². The molecular formula is C18H18F2N2O2. The molecule has 1 N–H and O–H groups in total. The average molecular weight is 332 g/mol. The Hall–Kier alpha value is -2.76. The van der Waals surface area contributed by atoms with Crippen molar-refractivity contribution in [2.24, 2.45) is 0 Å². The number of carbonyl (C=O) groups is 2. The molecule has 0 saturated heterocycles. The third-order valence-electron chi connectivity index (χ3n) is 3.52. The Balaban J connectivity index is 2.03. The van der Waals surface area contributed by atoms with Gasteiger partial charge in [0.05, 0.1) is 0 Å². The van der Waals surface area contributed by atoms with E-state index in [2.05, 4.69) is 5.32 Å². The number of rotatable bonds is 5. The van der Waals surface area contributed by atoms with Crippen molar-refractivity contribution in [1.82, 2.24) is 0 Å². The number of para-hydroxylation sites is 1. The molecule has 0 spiro atoms. The fourth-order valence-electron chi connectivity index (χ4n) is 2.23. The molecule has 0 aliphatic rings. The number of anilines is 2. The molecule has 24 heavy (non-hydrogen) atoms. The summed E-state index contributed by atoms with van der Waals surface area (Å²) in [6.45, 7) is 3.44. The lowest BCUT2D eigenvalue weighted by atomic mass is 10.2. The molecule has 0 saturated carbocycles. The molecule has 2 aromatic rings. The van der Waals surface area contributed by atoms with E-state index in [0.29, 0.717) is 5.69 Å². The number of aryl methyl sites for hydroxylation is 1. The van der Waals surface area contributed by atoms with E-state index >= 15 is 0 Å². The molecule has 4 nitrogen and oxygen atoms in total. The first kappa shape index (κ1) is 17.6. The predicted molar refractivity (Wildman–Crippen MR) is 88.8 cm³/mol. The third-order valence-corrected chi connectivity index (χ3v) is 3.52. The Morgan fingerprint density at radius 3 is 2.17 bits per heavy atom. The summed E-state index contributed by atoms with van der Waals surface area (Å²) in [5.74, 6) is -2.48. The molecule has 0 aromatic heterocycles. The molecule has 0 aliphatic carbocycles. The van der Waals surface area contributed by atoms with Crippen LogP contribution in [0.5, 0.6) is 0 Å². The molecular weight excluding hydrogens is 314 g/mol. The van der Waals surface area contributed by atoms with Gasteiger partial charge in [0.2, 0.25) is 11.8 Å². The zero-order chi connectivity index (χ0) is 17.7. The number of nitrogens with zero attached hydrogens (tertiary/aromatic N) is 1. The normalized spacial score (nSPS) is 10.3. The lowest BCUT2D eigenvalue weighted by Crippen LogP contribution is -2.32. The molecule has 0 radical (unpaired) electrons. The van der Waals surface area contributed by atoms with E-state index in [1.54, 1.807) is 12.1 Å². The SMILES string of the molecule is CC(=O)N(CCC(=O)Nc1c(F)cccc1F)c1ccc(C)cc1. The minimum absolute atomic E-state index is 0.0821. The molecule has 126 valence electrons. The molecule has 0 heterocycles. The minimum Gasteiger partial charge on any atom is -0.321 e. The summed E-state index contributed by atoms with van der Waals surface area (Å²) >= 11 is 0. The highest BCUT2D eigenvalue weighted by molar-refractivity contribution is 5.94. The van der Waals surface area contributed by atoms with Gasteiger partial charge < -0.3 is 10.2 Å². The van der Waals surface area contributed by atoms with E-state index in [4.69, 9.17) is 0 Å². The monoisotopic (exact) mass is 332 g/mol. The Morgan fingerprint density at radius 2 is 1.62 bits per heavy atom. The maximum Gasteiger partial charge on any atom is 0.226 e. The second kappa shape index (κ2) is 7.68. The van der Waals surface area contributed by atoms with Crippen LogP contribution >= 0.6 is 0 Å². The fourth-order valence-corrected chi connectivity index (χ4v) is 2.23.